The fraction of sp³-hybridized carbons (Fsp3) is 0.130. The van der Waals surface area contributed by atoms with Crippen molar-refractivity contribution in [3.8, 4) is 16.9 Å². The van der Waals surface area contributed by atoms with Gasteiger partial charge in [-0.1, -0.05) is 48.6 Å². The highest BCUT2D eigenvalue weighted by Gasteiger charge is 2.15. The Balaban J connectivity index is 1.83. The molecule has 0 atom stereocenters. The van der Waals surface area contributed by atoms with Crippen molar-refractivity contribution in [1.29, 1.82) is 0 Å². The van der Waals surface area contributed by atoms with E-state index < -0.39 is 11.6 Å². The van der Waals surface area contributed by atoms with Crippen molar-refractivity contribution in [2.45, 2.75) is 13.8 Å². The predicted octanol–water partition coefficient (Wildman–Crippen LogP) is 6.65. The summed E-state index contributed by atoms with van der Waals surface area (Å²) in [6, 6.07) is 14.9. The molecule has 0 N–H and O–H groups in total. The Morgan fingerprint density at radius 3 is 2.26 bits per heavy atom. The molecular formula is C23H19F3O. The molecule has 0 saturated carbocycles. The minimum absolute atomic E-state index is 0.0987. The zero-order valence-corrected chi connectivity index (χ0v) is 15.1. The second-order valence-electron chi connectivity index (χ2n) is 6.15. The molecule has 0 aliphatic carbocycles. The van der Waals surface area contributed by atoms with E-state index in [1.807, 2.05) is 13.0 Å². The summed E-state index contributed by atoms with van der Waals surface area (Å²) in [5.41, 5.74) is 2.89. The van der Waals surface area contributed by atoms with Crippen LogP contribution in [0.25, 0.3) is 23.3 Å². The quantitative estimate of drug-likeness (QED) is 0.458. The van der Waals surface area contributed by atoms with Crippen LogP contribution < -0.4 is 4.74 Å². The number of aryl methyl sites for hydroxylation is 1. The van der Waals surface area contributed by atoms with E-state index in [1.165, 1.54) is 18.2 Å². The Hall–Kier alpha value is -3.01. The summed E-state index contributed by atoms with van der Waals surface area (Å²) < 4.78 is 47.3. The average molecular weight is 368 g/mol. The molecule has 0 saturated heterocycles. The van der Waals surface area contributed by atoms with Gasteiger partial charge in [-0.05, 0) is 48.7 Å². The normalized spacial score (nSPS) is 11.1. The second kappa shape index (κ2) is 8.12. The van der Waals surface area contributed by atoms with E-state index in [0.717, 1.165) is 11.1 Å². The van der Waals surface area contributed by atoms with E-state index in [9.17, 15) is 13.2 Å². The first-order chi connectivity index (χ1) is 13.0. The largest absolute Gasteiger partial charge is 0.491 e. The summed E-state index contributed by atoms with van der Waals surface area (Å²) in [5, 5.41) is 0. The van der Waals surface area contributed by atoms with Gasteiger partial charge in [0, 0.05) is 11.1 Å². The van der Waals surface area contributed by atoms with Gasteiger partial charge in [0.1, 0.15) is 5.82 Å². The van der Waals surface area contributed by atoms with Gasteiger partial charge in [-0.25, -0.2) is 8.78 Å². The fourth-order valence-corrected chi connectivity index (χ4v) is 2.75. The molecule has 3 aromatic rings. The van der Waals surface area contributed by atoms with Crippen LogP contribution in [-0.2, 0) is 0 Å². The second-order valence-corrected chi connectivity index (χ2v) is 6.15. The summed E-state index contributed by atoms with van der Waals surface area (Å²) in [6.45, 7) is 3.80. The number of hydrogen-bond donors (Lipinski definition) is 0. The molecule has 0 spiro atoms. The number of benzene rings is 3. The summed E-state index contributed by atoms with van der Waals surface area (Å²) in [6.07, 6.45) is 3.45. The Labute approximate surface area is 156 Å². The SMILES string of the molecule is CCOc1ccc(-c2ccc(/C=C/c3ccc(C)cc3F)cc2)c(F)c1F. The third-order valence-electron chi connectivity index (χ3n) is 4.18. The first kappa shape index (κ1) is 18.8. The van der Waals surface area contributed by atoms with Gasteiger partial charge in [-0.3, -0.25) is 0 Å². The van der Waals surface area contributed by atoms with Crippen LogP contribution in [0.2, 0.25) is 0 Å². The smallest absolute Gasteiger partial charge is 0.201 e. The van der Waals surface area contributed by atoms with E-state index in [4.69, 9.17) is 4.74 Å². The molecule has 1 nitrogen and oxygen atoms in total. The molecule has 0 unspecified atom stereocenters. The molecule has 0 aromatic heterocycles. The lowest BCUT2D eigenvalue weighted by atomic mass is 10.0. The Morgan fingerprint density at radius 2 is 1.59 bits per heavy atom. The number of halogens is 3. The van der Waals surface area contributed by atoms with Gasteiger partial charge >= 0.3 is 0 Å². The maximum atomic E-state index is 14.3. The predicted molar refractivity (Wildman–Crippen MR) is 103 cm³/mol. The Morgan fingerprint density at radius 1 is 0.852 bits per heavy atom. The molecule has 0 aliphatic heterocycles. The molecule has 0 radical (unpaired) electrons. The first-order valence-electron chi connectivity index (χ1n) is 8.65. The van der Waals surface area contributed by atoms with Crippen molar-refractivity contribution < 1.29 is 17.9 Å². The summed E-state index contributed by atoms with van der Waals surface area (Å²) in [5.74, 6) is -2.31. The molecule has 3 rings (SSSR count). The van der Waals surface area contributed by atoms with E-state index in [0.29, 0.717) is 11.1 Å². The highest BCUT2D eigenvalue weighted by Crippen LogP contribution is 2.30. The third kappa shape index (κ3) is 4.22. The van der Waals surface area contributed by atoms with Crippen molar-refractivity contribution >= 4 is 12.2 Å². The number of ether oxygens (including phenoxy) is 1. The van der Waals surface area contributed by atoms with Crippen LogP contribution in [0.1, 0.15) is 23.6 Å². The standard InChI is InChI=1S/C23H19F3O/c1-3-27-21-13-12-19(22(25)23(21)26)17-9-5-16(6-10-17)7-11-18-8-4-15(2)14-20(18)24/h4-14H,3H2,1-2H3/b11-7+. The van der Waals surface area contributed by atoms with Gasteiger partial charge < -0.3 is 4.74 Å². The molecule has 0 bridgehead atoms. The minimum Gasteiger partial charge on any atom is -0.491 e. The van der Waals surface area contributed by atoms with Crippen LogP contribution >= 0.6 is 0 Å². The van der Waals surface area contributed by atoms with E-state index in [2.05, 4.69) is 0 Å². The van der Waals surface area contributed by atoms with Crippen LogP contribution in [0.5, 0.6) is 5.75 Å². The van der Waals surface area contributed by atoms with E-state index in [-0.39, 0.29) is 23.7 Å². The monoisotopic (exact) mass is 368 g/mol. The van der Waals surface area contributed by atoms with Gasteiger partial charge in [0.15, 0.2) is 11.6 Å². The molecule has 0 aliphatic rings. The van der Waals surface area contributed by atoms with Crippen molar-refractivity contribution in [2.24, 2.45) is 0 Å². The highest BCUT2D eigenvalue weighted by atomic mass is 19.2. The molecule has 4 heteroatoms. The van der Waals surface area contributed by atoms with Crippen molar-refractivity contribution in [2.75, 3.05) is 6.61 Å². The van der Waals surface area contributed by atoms with Crippen molar-refractivity contribution in [3.63, 3.8) is 0 Å². The van der Waals surface area contributed by atoms with Gasteiger partial charge in [-0.15, -0.1) is 0 Å². The average Bonchev–Trinajstić information content (AvgIpc) is 2.66. The van der Waals surface area contributed by atoms with Crippen LogP contribution in [0.4, 0.5) is 13.2 Å². The first-order valence-corrected chi connectivity index (χ1v) is 8.65. The maximum Gasteiger partial charge on any atom is 0.201 e. The van der Waals surface area contributed by atoms with E-state index in [1.54, 1.807) is 49.4 Å². The van der Waals surface area contributed by atoms with Gasteiger partial charge in [0.05, 0.1) is 6.61 Å². The molecule has 0 amide bonds. The van der Waals surface area contributed by atoms with Crippen LogP contribution in [-0.4, -0.2) is 6.61 Å². The minimum atomic E-state index is -0.992. The molecule has 0 fully saturated rings. The highest BCUT2D eigenvalue weighted by molar-refractivity contribution is 5.72. The molecule has 0 heterocycles. The molecule has 27 heavy (non-hydrogen) atoms. The lowest BCUT2D eigenvalue weighted by Crippen LogP contribution is -1.98. The number of rotatable bonds is 5. The third-order valence-corrected chi connectivity index (χ3v) is 4.18. The topological polar surface area (TPSA) is 9.23 Å². The van der Waals surface area contributed by atoms with Gasteiger partial charge in [0.25, 0.3) is 0 Å². The molecular weight excluding hydrogens is 349 g/mol. The molecule has 138 valence electrons. The molecule has 3 aromatic carbocycles. The number of hydrogen-bond acceptors (Lipinski definition) is 1. The van der Waals surface area contributed by atoms with Gasteiger partial charge in [-0.2, -0.15) is 4.39 Å². The Kier molecular flexibility index (Phi) is 5.65. The summed E-state index contributed by atoms with van der Waals surface area (Å²) in [7, 11) is 0. The lowest BCUT2D eigenvalue weighted by molar-refractivity contribution is 0.314. The van der Waals surface area contributed by atoms with Crippen molar-refractivity contribution in [1.82, 2.24) is 0 Å². The zero-order chi connectivity index (χ0) is 19.4. The maximum absolute atomic E-state index is 14.3. The summed E-state index contributed by atoms with van der Waals surface area (Å²) in [4.78, 5) is 0. The van der Waals surface area contributed by atoms with Crippen LogP contribution in [0.15, 0.2) is 54.6 Å². The Bertz CT molecular complexity index is 976. The summed E-state index contributed by atoms with van der Waals surface area (Å²) >= 11 is 0. The van der Waals surface area contributed by atoms with Gasteiger partial charge in [0.2, 0.25) is 5.82 Å². The van der Waals surface area contributed by atoms with Crippen molar-refractivity contribution in [3.05, 3.63) is 88.7 Å². The lowest BCUT2D eigenvalue weighted by Gasteiger charge is -2.09. The zero-order valence-electron chi connectivity index (χ0n) is 15.1. The van der Waals surface area contributed by atoms with E-state index >= 15 is 0 Å². The fourth-order valence-electron chi connectivity index (χ4n) is 2.75. The van der Waals surface area contributed by atoms with Crippen LogP contribution in [0.3, 0.4) is 0 Å². The van der Waals surface area contributed by atoms with Crippen LogP contribution in [0, 0.1) is 24.4 Å².